The molecule has 0 bridgehead atoms. The average molecular weight is 432 g/mol. The summed E-state index contributed by atoms with van der Waals surface area (Å²) in [6.07, 6.45) is 4.85. The van der Waals surface area contributed by atoms with Gasteiger partial charge in [-0.2, -0.15) is 0 Å². The highest BCUT2D eigenvalue weighted by molar-refractivity contribution is 5.88. The molecular weight excluding hydrogens is 402 g/mol. The Bertz CT molecular complexity index is 1080. The Morgan fingerprint density at radius 3 is 2.69 bits per heavy atom. The van der Waals surface area contributed by atoms with Gasteiger partial charge in [0.05, 0.1) is 12.2 Å². The zero-order valence-corrected chi connectivity index (χ0v) is 18.5. The topological polar surface area (TPSA) is 74.7 Å². The molecule has 1 heterocycles. The SMILES string of the molecule is CCOc1ccc(N(C)c2ccc3c(c2)CCC[C@H]3CNc2cc(C(=O)O)ccn2)cc1. The molecule has 0 aliphatic heterocycles. The maximum atomic E-state index is 11.2. The summed E-state index contributed by atoms with van der Waals surface area (Å²) in [4.78, 5) is 17.6. The smallest absolute Gasteiger partial charge is 0.335 e. The van der Waals surface area contributed by atoms with Gasteiger partial charge in [0.2, 0.25) is 0 Å². The second kappa shape index (κ2) is 9.73. The zero-order chi connectivity index (χ0) is 22.5. The molecule has 1 aliphatic rings. The molecule has 166 valence electrons. The van der Waals surface area contributed by atoms with Gasteiger partial charge in [-0.15, -0.1) is 0 Å². The highest BCUT2D eigenvalue weighted by Crippen LogP contribution is 2.35. The monoisotopic (exact) mass is 431 g/mol. The lowest BCUT2D eigenvalue weighted by Crippen LogP contribution is -2.19. The Morgan fingerprint density at radius 2 is 1.94 bits per heavy atom. The van der Waals surface area contributed by atoms with E-state index in [4.69, 9.17) is 4.74 Å². The van der Waals surface area contributed by atoms with E-state index in [1.54, 1.807) is 6.07 Å². The molecule has 2 aromatic carbocycles. The van der Waals surface area contributed by atoms with Crippen LogP contribution in [-0.4, -0.2) is 36.3 Å². The summed E-state index contributed by atoms with van der Waals surface area (Å²) in [6.45, 7) is 3.38. The summed E-state index contributed by atoms with van der Waals surface area (Å²) in [5.41, 5.74) is 5.27. The lowest BCUT2D eigenvalue weighted by Gasteiger charge is -2.28. The number of rotatable bonds is 8. The van der Waals surface area contributed by atoms with E-state index in [9.17, 15) is 9.90 Å². The van der Waals surface area contributed by atoms with Gasteiger partial charge < -0.3 is 20.1 Å². The zero-order valence-electron chi connectivity index (χ0n) is 18.5. The maximum Gasteiger partial charge on any atom is 0.335 e. The molecule has 1 aromatic heterocycles. The number of carboxylic acids is 1. The number of aromatic nitrogens is 1. The standard InChI is InChI=1S/C26H29N3O3/c1-3-32-23-10-7-21(8-11-23)29(2)22-9-12-24-18(15-22)5-4-6-20(24)17-28-25-16-19(26(30)31)13-14-27-25/h7-16,20H,3-6,17H2,1-2H3,(H,27,28)(H,30,31)/t20-/m0/s1. The van der Waals surface area contributed by atoms with Gasteiger partial charge >= 0.3 is 5.97 Å². The molecule has 0 saturated heterocycles. The molecule has 0 saturated carbocycles. The molecule has 4 rings (SSSR count). The fourth-order valence-corrected chi connectivity index (χ4v) is 4.29. The number of nitrogens with zero attached hydrogens (tertiary/aromatic N) is 2. The van der Waals surface area contributed by atoms with Crippen LogP contribution in [-0.2, 0) is 6.42 Å². The van der Waals surface area contributed by atoms with E-state index in [0.29, 0.717) is 18.3 Å². The molecule has 2 N–H and O–H groups in total. The first-order valence-corrected chi connectivity index (χ1v) is 11.1. The molecule has 1 atom stereocenters. The summed E-state index contributed by atoms with van der Waals surface area (Å²) < 4.78 is 5.55. The van der Waals surface area contributed by atoms with Crippen molar-refractivity contribution in [1.82, 2.24) is 4.98 Å². The summed E-state index contributed by atoms with van der Waals surface area (Å²) >= 11 is 0. The van der Waals surface area contributed by atoms with Gasteiger partial charge in [-0.3, -0.25) is 0 Å². The van der Waals surface area contributed by atoms with Crippen LogP contribution in [0.1, 0.15) is 47.2 Å². The second-order valence-electron chi connectivity index (χ2n) is 8.07. The predicted molar refractivity (Wildman–Crippen MR) is 127 cm³/mol. The normalized spacial score (nSPS) is 15.0. The number of fused-ring (bicyclic) bond motifs is 1. The Labute approximate surface area is 188 Å². The van der Waals surface area contributed by atoms with Gasteiger partial charge in [0.15, 0.2) is 0 Å². The van der Waals surface area contributed by atoms with Gasteiger partial charge in [0.25, 0.3) is 0 Å². The summed E-state index contributed by atoms with van der Waals surface area (Å²) in [5.74, 6) is 0.916. The second-order valence-corrected chi connectivity index (χ2v) is 8.07. The van der Waals surface area contributed by atoms with E-state index in [0.717, 1.165) is 42.9 Å². The molecule has 0 unspecified atom stereocenters. The third-order valence-corrected chi connectivity index (χ3v) is 6.02. The summed E-state index contributed by atoms with van der Waals surface area (Å²) in [7, 11) is 2.08. The van der Waals surface area contributed by atoms with Crippen LogP contribution >= 0.6 is 0 Å². The molecule has 3 aromatic rings. The highest BCUT2D eigenvalue weighted by Gasteiger charge is 2.21. The third kappa shape index (κ3) is 4.85. The van der Waals surface area contributed by atoms with Crippen LogP contribution in [0.4, 0.5) is 17.2 Å². The number of carboxylic acid groups (broad SMARTS) is 1. The predicted octanol–water partition coefficient (Wildman–Crippen LogP) is 5.48. The number of hydrogen-bond acceptors (Lipinski definition) is 5. The van der Waals surface area contributed by atoms with Crippen molar-refractivity contribution in [2.75, 3.05) is 30.4 Å². The van der Waals surface area contributed by atoms with Crippen LogP contribution in [0, 0.1) is 0 Å². The van der Waals surface area contributed by atoms with E-state index >= 15 is 0 Å². The fourth-order valence-electron chi connectivity index (χ4n) is 4.29. The van der Waals surface area contributed by atoms with Crippen molar-refractivity contribution in [3.05, 3.63) is 77.5 Å². The van der Waals surface area contributed by atoms with Crippen molar-refractivity contribution in [2.24, 2.45) is 0 Å². The van der Waals surface area contributed by atoms with Crippen LogP contribution in [0.15, 0.2) is 60.8 Å². The highest BCUT2D eigenvalue weighted by atomic mass is 16.5. The van der Waals surface area contributed by atoms with E-state index in [1.165, 1.54) is 23.4 Å². The van der Waals surface area contributed by atoms with Crippen LogP contribution in [0.25, 0.3) is 0 Å². The number of benzene rings is 2. The lowest BCUT2D eigenvalue weighted by atomic mass is 9.82. The van der Waals surface area contributed by atoms with Gasteiger partial charge in [0, 0.05) is 37.1 Å². The third-order valence-electron chi connectivity index (χ3n) is 6.02. The molecule has 0 spiro atoms. The Hall–Kier alpha value is -3.54. The molecule has 6 nitrogen and oxygen atoms in total. The van der Waals surface area contributed by atoms with Crippen molar-refractivity contribution in [1.29, 1.82) is 0 Å². The quantitative estimate of drug-likeness (QED) is 0.492. The van der Waals surface area contributed by atoms with E-state index < -0.39 is 5.97 Å². The van der Waals surface area contributed by atoms with Crippen LogP contribution in [0.3, 0.4) is 0 Å². The largest absolute Gasteiger partial charge is 0.494 e. The minimum atomic E-state index is -0.942. The maximum absolute atomic E-state index is 11.2. The Morgan fingerprint density at radius 1 is 1.16 bits per heavy atom. The Balaban J connectivity index is 1.47. The molecule has 0 radical (unpaired) electrons. The van der Waals surface area contributed by atoms with Gasteiger partial charge in [-0.1, -0.05) is 6.07 Å². The lowest BCUT2D eigenvalue weighted by molar-refractivity contribution is 0.0697. The first-order chi connectivity index (χ1) is 15.5. The molecular formula is C26H29N3O3. The van der Waals surface area contributed by atoms with E-state index in [-0.39, 0.29) is 5.56 Å². The first kappa shape index (κ1) is 21.7. The molecule has 32 heavy (non-hydrogen) atoms. The number of nitrogens with one attached hydrogen (secondary N) is 1. The van der Waals surface area contributed by atoms with E-state index in [1.807, 2.05) is 19.1 Å². The molecule has 0 amide bonds. The molecule has 6 heteroatoms. The van der Waals surface area contributed by atoms with Crippen LogP contribution in [0.5, 0.6) is 5.75 Å². The number of pyridine rings is 1. The Kier molecular flexibility index (Phi) is 6.59. The summed E-state index contributed by atoms with van der Waals surface area (Å²) in [5, 5.41) is 12.5. The molecule has 1 aliphatic carbocycles. The van der Waals surface area contributed by atoms with Crippen molar-refractivity contribution >= 4 is 23.2 Å². The number of anilines is 3. The minimum absolute atomic E-state index is 0.244. The number of hydrogen-bond donors (Lipinski definition) is 2. The molecule has 0 fully saturated rings. The van der Waals surface area contributed by atoms with Crippen LogP contribution in [0.2, 0.25) is 0 Å². The van der Waals surface area contributed by atoms with E-state index in [2.05, 4.69) is 52.6 Å². The van der Waals surface area contributed by atoms with Gasteiger partial charge in [0.1, 0.15) is 11.6 Å². The van der Waals surface area contributed by atoms with Crippen molar-refractivity contribution in [3.8, 4) is 5.75 Å². The number of aromatic carboxylic acids is 1. The van der Waals surface area contributed by atoms with Crippen LogP contribution < -0.4 is 15.0 Å². The average Bonchev–Trinajstić information content (AvgIpc) is 2.82. The minimum Gasteiger partial charge on any atom is -0.494 e. The van der Waals surface area contributed by atoms with Crippen molar-refractivity contribution < 1.29 is 14.6 Å². The van der Waals surface area contributed by atoms with Crippen molar-refractivity contribution in [2.45, 2.75) is 32.1 Å². The summed E-state index contributed by atoms with van der Waals surface area (Å²) in [6, 6.07) is 18.0. The fraction of sp³-hybridized carbons (Fsp3) is 0.308. The van der Waals surface area contributed by atoms with Gasteiger partial charge in [-0.25, -0.2) is 9.78 Å². The first-order valence-electron chi connectivity index (χ1n) is 11.1. The van der Waals surface area contributed by atoms with Crippen molar-refractivity contribution in [3.63, 3.8) is 0 Å². The number of carbonyl (C=O) groups is 1. The van der Waals surface area contributed by atoms with Gasteiger partial charge in [-0.05, 0) is 85.8 Å². The number of ether oxygens (including phenoxy) is 1. The number of aryl methyl sites for hydroxylation is 1.